The van der Waals surface area contributed by atoms with Crippen molar-refractivity contribution in [2.24, 2.45) is 4.99 Å². The molecule has 2 aromatic rings. The number of ether oxygens (including phenoxy) is 2. The standard InChI is InChI=1S/C21H21FN2O5/c1-13(24-20(27)29-21(2,3)4)23-16-8-6-15(7-9-16)19(26)28-18-10-5-14(12-25)11-17(18)22/h5-12H,1-4H3,(H,23,24,27). The summed E-state index contributed by atoms with van der Waals surface area (Å²) >= 11 is 0. The summed E-state index contributed by atoms with van der Waals surface area (Å²) < 4.78 is 24.0. The summed E-state index contributed by atoms with van der Waals surface area (Å²) in [4.78, 5) is 38.7. The van der Waals surface area contributed by atoms with Crippen molar-refractivity contribution in [3.63, 3.8) is 0 Å². The van der Waals surface area contributed by atoms with Gasteiger partial charge in [0, 0.05) is 5.56 Å². The van der Waals surface area contributed by atoms with Crippen molar-refractivity contribution < 1.29 is 28.2 Å². The zero-order valence-electron chi connectivity index (χ0n) is 16.5. The van der Waals surface area contributed by atoms with Crippen molar-refractivity contribution in [2.75, 3.05) is 0 Å². The van der Waals surface area contributed by atoms with Crippen LogP contribution in [0.2, 0.25) is 0 Å². The fourth-order valence-electron chi connectivity index (χ4n) is 2.18. The fourth-order valence-corrected chi connectivity index (χ4v) is 2.18. The van der Waals surface area contributed by atoms with Crippen LogP contribution in [0.1, 0.15) is 48.4 Å². The van der Waals surface area contributed by atoms with Crippen LogP contribution in [-0.4, -0.2) is 29.8 Å². The van der Waals surface area contributed by atoms with Crippen molar-refractivity contribution in [2.45, 2.75) is 33.3 Å². The number of aldehydes is 1. The Labute approximate surface area is 167 Å². The molecule has 0 aliphatic carbocycles. The maximum Gasteiger partial charge on any atom is 0.413 e. The highest BCUT2D eigenvalue weighted by Gasteiger charge is 2.16. The fraction of sp³-hybridized carbons (Fsp3) is 0.238. The van der Waals surface area contributed by atoms with Gasteiger partial charge in [-0.15, -0.1) is 0 Å². The van der Waals surface area contributed by atoms with Gasteiger partial charge in [0.2, 0.25) is 0 Å². The predicted molar refractivity (Wildman–Crippen MR) is 105 cm³/mol. The average Bonchev–Trinajstić information content (AvgIpc) is 2.62. The zero-order valence-corrected chi connectivity index (χ0v) is 16.5. The van der Waals surface area contributed by atoms with Crippen LogP contribution in [0.25, 0.3) is 0 Å². The highest BCUT2D eigenvalue weighted by molar-refractivity contribution is 5.95. The third-order valence-electron chi connectivity index (χ3n) is 3.38. The topological polar surface area (TPSA) is 94.1 Å². The molecule has 1 N–H and O–H groups in total. The molecular weight excluding hydrogens is 379 g/mol. The molecule has 8 heteroatoms. The van der Waals surface area contributed by atoms with E-state index in [-0.39, 0.29) is 16.9 Å². The number of nitrogens with zero attached hydrogens (tertiary/aromatic N) is 1. The van der Waals surface area contributed by atoms with E-state index in [1.807, 2.05) is 0 Å². The lowest BCUT2D eigenvalue weighted by molar-refractivity contribution is 0.0562. The lowest BCUT2D eigenvalue weighted by Gasteiger charge is -2.19. The predicted octanol–water partition coefficient (Wildman–Crippen LogP) is 4.43. The molecule has 152 valence electrons. The summed E-state index contributed by atoms with van der Waals surface area (Å²) in [5.74, 6) is -1.54. The van der Waals surface area contributed by atoms with Crippen LogP contribution < -0.4 is 10.1 Å². The molecule has 0 saturated carbocycles. The third-order valence-corrected chi connectivity index (χ3v) is 3.38. The zero-order chi connectivity index (χ0) is 21.6. The maximum absolute atomic E-state index is 13.8. The number of amidine groups is 1. The van der Waals surface area contributed by atoms with Gasteiger partial charge in [-0.05, 0) is 70.2 Å². The Morgan fingerprint density at radius 3 is 2.31 bits per heavy atom. The van der Waals surface area contributed by atoms with Gasteiger partial charge < -0.3 is 9.47 Å². The molecule has 0 aliphatic rings. The van der Waals surface area contributed by atoms with Crippen LogP contribution in [0.5, 0.6) is 5.75 Å². The normalized spacial score (nSPS) is 11.6. The van der Waals surface area contributed by atoms with Gasteiger partial charge in [-0.3, -0.25) is 10.1 Å². The number of hydrogen-bond donors (Lipinski definition) is 1. The number of nitrogens with one attached hydrogen (secondary N) is 1. The Kier molecular flexibility index (Phi) is 6.82. The SMILES string of the molecule is CC(=Nc1ccc(C(=O)Oc2ccc(C=O)cc2F)cc1)NC(=O)OC(C)(C)C. The molecule has 0 aliphatic heterocycles. The van der Waals surface area contributed by atoms with E-state index in [0.29, 0.717) is 17.8 Å². The van der Waals surface area contributed by atoms with Crippen LogP contribution in [-0.2, 0) is 4.74 Å². The molecule has 1 amide bonds. The molecule has 0 heterocycles. The van der Waals surface area contributed by atoms with Crippen molar-refractivity contribution in [3.05, 3.63) is 59.4 Å². The Balaban J connectivity index is 2.03. The first-order chi connectivity index (χ1) is 13.6. The molecule has 0 saturated heterocycles. The summed E-state index contributed by atoms with van der Waals surface area (Å²) in [6.07, 6.45) is -0.130. The molecule has 0 radical (unpaired) electrons. The third kappa shape index (κ3) is 6.84. The van der Waals surface area contributed by atoms with E-state index in [1.54, 1.807) is 39.8 Å². The van der Waals surface area contributed by atoms with E-state index in [2.05, 4.69) is 10.3 Å². The molecule has 7 nitrogen and oxygen atoms in total. The largest absolute Gasteiger partial charge is 0.444 e. The van der Waals surface area contributed by atoms with E-state index in [9.17, 15) is 18.8 Å². The highest BCUT2D eigenvalue weighted by atomic mass is 19.1. The van der Waals surface area contributed by atoms with Crippen LogP contribution >= 0.6 is 0 Å². The minimum atomic E-state index is -0.812. The van der Waals surface area contributed by atoms with Gasteiger partial charge in [-0.25, -0.2) is 19.0 Å². The molecule has 0 aromatic heterocycles. The molecule has 0 spiro atoms. The van der Waals surface area contributed by atoms with Crippen LogP contribution in [0.4, 0.5) is 14.9 Å². The highest BCUT2D eigenvalue weighted by Crippen LogP contribution is 2.20. The van der Waals surface area contributed by atoms with E-state index >= 15 is 0 Å². The lowest BCUT2D eigenvalue weighted by atomic mass is 10.2. The molecule has 2 aromatic carbocycles. The molecule has 0 unspecified atom stereocenters. The maximum atomic E-state index is 13.8. The number of carbonyl (C=O) groups excluding carboxylic acids is 3. The van der Waals surface area contributed by atoms with E-state index in [4.69, 9.17) is 9.47 Å². The first-order valence-electron chi connectivity index (χ1n) is 8.69. The number of hydrogen-bond acceptors (Lipinski definition) is 6. The Morgan fingerprint density at radius 1 is 1.10 bits per heavy atom. The second-order valence-electron chi connectivity index (χ2n) is 7.07. The second-order valence-corrected chi connectivity index (χ2v) is 7.07. The summed E-state index contributed by atoms with van der Waals surface area (Å²) in [7, 11) is 0. The Morgan fingerprint density at radius 2 is 1.76 bits per heavy atom. The van der Waals surface area contributed by atoms with E-state index in [1.165, 1.54) is 24.3 Å². The number of amides is 1. The molecule has 0 fully saturated rings. The van der Waals surface area contributed by atoms with Crippen LogP contribution in [0.3, 0.4) is 0 Å². The molecular formula is C21H21FN2O5. The van der Waals surface area contributed by atoms with Gasteiger partial charge in [-0.1, -0.05) is 0 Å². The van der Waals surface area contributed by atoms with Crippen LogP contribution in [0.15, 0.2) is 47.5 Å². The number of rotatable bonds is 4. The van der Waals surface area contributed by atoms with E-state index < -0.39 is 23.5 Å². The van der Waals surface area contributed by atoms with Gasteiger partial charge in [0.15, 0.2) is 11.6 Å². The lowest BCUT2D eigenvalue weighted by Crippen LogP contribution is -2.35. The van der Waals surface area contributed by atoms with Gasteiger partial charge >= 0.3 is 12.1 Å². The van der Waals surface area contributed by atoms with Crippen molar-refractivity contribution in [3.8, 4) is 5.75 Å². The monoisotopic (exact) mass is 400 g/mol. The summed E-state index contributed by atoms with van der Waals surface area (Å²) in [5.41, 5.74) is 0.177. The minimum absolute atomic E-state index is 0.139. The number of carbonyl (C=O) groups is 3. The quantitative estimate of drug-likeness (QED) is 0.269. The smallest absolute Gasteiger partial charge is 0.413 e. The molecule has 2 rings (SSSR count). The van der Waals surface area contributed by atoms with Gasteiger partial charge in [0.05, 0.1) is 11.3 Å². The van der Waals surface area contributed by atoms with Crippen LogP contribution in [0, 0.1) is 5.82 Å². The number of aliphatic imine (C=N–C) groups is 1. The second kappa shape index (κ2) is 9.09. The Bertz CT molecular complexity index is 947. The first-order valence-corrected chi connectivity index (χ1v) is 8.69. The minimum Gasteiger partial charge on any atom is -0.444 e. The molecule has 29 heavy (non-hydrogen) atoms. The summed E-state index contributed by atoms with van der Waals surface area (Å²) in [6.45, 7) is 6.84. The molecule has 0 bridgehead atoms. The van der Waals surface area contributed by atoms with Crippen molar-refractivity contribution in [1.82, 2.24) is 5.32 Å². The van der Waals surface area contributed by atoms with E-state index in [0.717, 1.165) is 6.07 Å². The van der Waals surface area contributed by atoms with Gasteiger partial charge in [0.25, 0.3) is 0 Å². The van der Waals surface area contributed by atoms with Crippen molar-refractivity contribution >= 4 is 29.9 Å². The number of esters is 1. The average molecular weight is 400 g/mol. The number of alkyl carbamates (subject to hydrolysis) is 1. The van der Waals surface area contributed by atoms with Gasteiger partial charge in [0.1, 0.15) is 17.7 Å². The number of halogens is 1. The first kappa shape index (κ1) is 21.7. The summed E-state index contributed by atoms with van der Waals surface area (Å²) in [5, 5.41) is 2.50. The van der Waals surface area contributed by atoms with Gasteiger partial charge in [-0.2, -0.15) is 0 Å². The van der Waals surface area contributed by atoms with Crippen molar-refractivity contribution in [1.29, 1.82) is 0 Å². The number of benzene rings is 2. The molecule has 0 atom stereocenters. The summed E-state index contributed by atoms with van der Waals surface area (Å²) in [6, 6.07) is 9.54. The Hall–Kier alpha value is -3.55.